The average molecular weight is 405 g/mol. The molecule has 0 aromatic heterocycles. The van der Waals surface area contributed by atoms with Crippen LogP contribution in [0.3, 0.4) is 0 Å². The molecule has 3 aliphatic carbocycles. The molecule has 2 nitrogen and oxygen atoms in total. The zero-order chi connectivity index (χ0) is 18.0. The van der Waals surface area contributed by atoms with Crippen molar-refractivity contribution >= 4 is 23.2 Å². The molecular formula is C12H6Cl2F8O2. The van der Waals surface area contributed by atoms with Crippen molar-refractivity contribution in [3.05, 3.63) is 10.1 Å². The van der Waals surface area contributed by atoms with Gasteiger partial charge in [0, 0.05) is 21.9 Å². The number of hydrogen-bond donors (Lipinski definition) is 0. The molecule has 2 bridgehead atoms. The molecular weight excluding hydrogens is 399 g/mol. The van der Waals surface area contributed by atoms with E-state index in [1.54, 1.807) is 0 Å². The monoisotopic (exact) mass is 404 g/mol. The molecule has 2 aliphatic heterocycles. The third-order valence-corrected chi connectivity index (χ3v) is 6.24. The SMILES string of the molecule is FC1(F)OC(F)(F)C2C3C(Cl)=C(Cl)C(C21)C1C3C(F)(F)OC1(F)F. The smallest absolute Gasteiger partial charge is 0.255 e. The normalized spacial score (nSPS) is 49.2. The molecule has 2 saturated heterocycles. The molecule has 0 radical (unpaired) electrons. The lowest BCUT2D eigenvalue weighted by Crippen LogP contribution is -2.58. The molecule has 3 fully saturated rings. The van der Waals surface area contributed by atoms with Gasteiger partial charge in [-0.2, -0.15) is 35.1 Å². The van der Waals surface area contributed by atoms with Crippen LogP contribution in [-0.4, -0.2) is 24.4 Å². The van der Waals surface area contributed by atoms with Crippen molar-refractivity contribution in [2.24, 2.45) is 35.5 Å². The van der Waals surface area contributed by atoms with Gasteiger partial charge in [-0.1, -0.05) is 23.2 Å². The minimum atomic E-state index is -4.53. The van der Waals surface area contributed by atoms with Gasteiger partial charge in [0.05, 0.1) is 23.7 Å². The highest BCUT2D eigenvalue weighted by atomic mass is 35.5. The molecule has 0 aromatic rings. The van der Waals surface area contributed by atoms with Gasteiger partial charge >= 0.3 is 24.4 Å². The topological polar surface area (TPSA) is 18.5 Å². The van der Waals surface area contributed by atoms with Crippen LogP contribution in [0.5, 0.6) is 0 Å². The summed E-state index contributed by atoms with van der Waals surface area (Å²) in [6, 6.07) is 0. The van der Waals surface area contributed by atoms with Gasteiger partial charge in [-0.05, 0) is 0 Å². The Morgan fingerprint density at radius 2 is 0.750 bits per heavy atom. The van der Waals surface area contributed by atoms with Crippen molar-refractivity contribution in [3.8, 4) is 0 Å². The van der Waals surface area contributed by atoms with Gasteiger partial charge in [0.15, 0.2) is 0 Å². The van der Waals surface area contributed by atoms with Crippen LogP contribution in [0, 0.1) is 35.5 Å². The van der Waals surface area contributed by atoms with Gasteiger partial charge in [-0.15, -0.1) is 0 Å². The van der Waals surface area contributed by atoms with E-state index in [2.05, 4.69) is 9.47 Å². The van der Waals surface area contributed by atoms with E-state index in [1.165, 1.54) is 0 Å². The zero-order valence-corrected chi connectivity index (χ0v) is 12.6. The molecule has 4 unspecified atom stereocenters. The quantitative estimate of drug-likeness (QED) is 0.538. The predicted octanol–water partition coefficient (Wildman–Crippen LogP) is 4.83. The first-order valence-corrected chi connectivity index (χ1v) is 7.44. The van der Waals surface area contributed by atoms with Gasteiger partial charge in [0.2, 0.25) is 0 Å². The summed E-state index contributed by atoms with van der Waals surface area (Å²) in [4.78, 5) is 0. The molecule has 1 saturated carbocycles. The number of halogens is 10. The predicted molar refractivity (Wildman–Crippen MR) is 61.6 cm³/mol. The van der Waals surface area contributed by atoms with Crippen LogP contribution in [0.4, 0.5) is 35.1 Å². The van der Waals surface area contributed by atoms with E-state index in [1.807, 2.05) is 0 Å². The summed E-state index contributed by atoms with van der Waals surface area (Å²) in [5.74, 6) is -14.6. The van der Waals surface area contributed by atoms with E-state index < -0.39 is 70.0 Å². The molecule has 0 N–H and O–H groups in total. The number of ether oxygens (including phenoxy) is 2. The van der Waals surface area contributed by atoms with Crippen LogP contribution in [-0.2, 0) is 9.47 Å². The largest absolute Gasteiger partial charge is 0.364 e. The Labute approximate surface area is 138 Å². The van der Waals surface area contributed by atoms with Gasteiger partial charge < -0.3 is 0 Å². The van der Waals surface area contributed by atoms with Gasteiger partial charge in [-0.25, -0.2) is 0 Å². The molecule has 0 spiro atoms. The number of hydrogen-bond acceptors (Lipinski definition) is 2. The van der Waals surface area contributed by atoms with E-state index in [9.17, 15) is 35.1 Å². The summed E-state index contributed by atoms with van der Waals surface area (Å²) in [6.07, 6.45) is -18.1. The van der Waals surface area contributed by atoms with Crippen LogP contribution >= 0.6 is 23.2 Å². The van der Waals surface area contributed by atoms with E-state index in [4.69, 9.17) is 23.2 Å². The van der Waals surface area contributed by atoms with Crippen LogP contribution in [0.2, 0.25) is 0 Å². The van der Waals surface area contributed by atoms with Gasteiger partial charge in [-0.3, -0.25) is 9.47 Å². The fourth-order valence-corrected chi connectivity index (χ4v) is 5.39. The summed E-state index contributed by atoms with van der Waals surface area (Å²) in [6.45, 7) is 0. The van der Waals surface area contributed by atoms with Crippen LogP contribution < -0.4 is 0 Å². The number of alkyl halides is 8. The lowest BCUT2D eigenvalue weighted by atomic mass is 9.53. The third-order valence-electron chi connectivity index (χ3n) is 5.23. The highest BCUT2D eigenvalue weighted by molar-refractivity contribution is 6.39. The minimum absolute atomic E-state index is 0.758. The van der Waals surface area contributed by atoms with E-state index in [0.717, 1.165) is 0 Å². The summed E-state index contributed by atoms with van der Waals surface area (Å²) >= 11 is 11.4. The van der Waals surface area contributed by atoms with Crippen molar-refractivity contribution in [1.82, 2.24) is 0 Å². The Balaban J connectivity index is 1.97. The second kappa shape index (κ2) is 4.32. The lowest BCUT2D eigenvalue weighted by molar-refractivity contribution is -0.353. The Morgan fingerprint density at radius 1 is 0.542 bits per heavy atom. The van der Waals surface area contributed by atoms with Crippen molar-refractivity contribution in [2.75, 3.05) is 0 Å². The molecule has 0 aromatic carbocycles. The Morgan fingerprint density at radius 3 is 0.958 bits per heavy atom. The van der Waals surface area contributed by atoms with Crippen molar-refractivity contribution in [1.29, 1.82) is 0 Å². The van der Waals surface area contributed by atoms with Crippen LogP contribution in [0.1, 0.15) is 0 Å². The Hall–Kier alpha value is -0.320. The highest BCUT2D eigenvalue weighted by Crippen LogP contribution is 2.75. The minimum Gasteiger partial charge on any atom is -0.255 e. The molecule has 136 valence electrons. The van der Waals surface area contributed by atoms with Gasteiger partial charge in [0.1, 0.15) is 0 Å². The third kappa shape index (κ3) is 1.80. The number of rotatable bonds is 0. The molecule has 2 heterocycles. The maximum atomic E-state index is 13.9. The van der Waals surface area contributed by atoms with Crippen molar-refractivity contribution < 1.29 is 44.6 Å². The van der Waals surface area contributed by atoms with Crippen molar-refractivity contribution in [3.63, 3.8) is 0 Å². The maximum Gasteiger partial charge on any atom is 0.364 e. The lowest BCUT2D eigenvalue weighted by Gasteiger charge is -2.51. The first-order valence-electron chi connectivity index (χ1n) is 6.69. The zero-order valence-electron chi connectivity index (χ0n) is 11.1. The fraction of sp³-hybridized carbons (Fsp3) is 0.833. The Kier molecular flexibility index (Phi) is 3.08. The van der Waals surface area contributed by atoms with E-state index in [-0.39, 0.29) is 0 Å². The average Bonchev–Trinajstić information content (AvgIpc) is 2.70. The summed E-state index contributed by atoms with van der Waals surface area (Å²) in [5, 5.41) is -1.52. The number of allylic oxidation sites excluding steroid dienone is 2. The van der Waals surface area contributed by atoms with E-state index >= 15 is 0 Å². The van der Waals surface area contributed by atoms with Crippen LogP contribution in [0.25, 0.3) is 0 Å². The fourth-order valence-electron chi connectivity index (χ4n) is 4.60. The molecule has 24 heavy (non-hydrogen) atoms. The summed E-state index contributed by atoms with van der Waals surface area (Å²) < 4.78 is 118. The van der Waals surface area contributed by atoms with E-state index in [0.29, 0.717) is 0 Å². The summed E-state index contributed by atoms with van der Waals surface area (Å²) in [5.41, 5.74) is 0. The molecule has 0 amide bonds. The molecule has 12 heteroatoms. The first kappa shape index (κ1) is 17.1. The van der Waals surface area contributed by atoms with Crippen LogP contribution in [0.15, 0.2) is 10.1 Å². The summed E-state index contributed by atoms with van der Waals surface area (Å²) in [7, 11) is 0. The molecule has 5 aliphatic rings. The molecule has 5 rings (SSSR count). The second-order valence-electron chi connectivity index (χ2n) is 6.30. The maximum absolute atomic E-state index is 13.9. The first-order chi connectivity index (χ1) is 10.7. The van der Waals surface area contributed by atoms with Gasteiger partial charge in [0.25, 0.3) is 0 Å². The Bertz CT molecular complexity index is 557. The second-order valence-corrected chi connectivity index (χ2v) is 7.12. The standard InChI is InChI=1S/C12H6Cl2F8O2/c13-7-1-3-5(11(19,20)23-9(3,15)16)2(8(7)14)6-4(1)10(17,18)24-12(6,21)22/h1-6H. The molecule has 4 atom stereocenters. The van der Waals surface area contributed by atoms with Crippen molar-refractivity contribution in [2.45, 2.75) is 24.4 Å². The highest BCUT2D eigenvalue weighted by Gasteiger charge is 2.85.